The highest BCUT2D eigenvalue weighted by atomic mass is 32.2. The maximum Gasteiger partial charge on any atom is 0.229 e. The van der Waals surface area contributed by atoms with Crippen molar-refractivity contribution < 1.29 is 28.1 Å². The van der Waals surface area contributed by atoms with Crippen LogP contribution in [0.5, 0.6) is 17.2 Å². The van der Waals surface area contributed by atoms with E-state index in [2.05, 4.69) is 4.72 Å². The van der Waals surface area contributed by atoms with Crippen LogP contribution in [0.2, 0.25) is 0 Å². The summed E-state index contributed by atoms with van der Waals surface area (Å²) in [5.41, 5.74) is 2.47. The Morgan fingerprint density at radius 1 is 0.971 bits per heavy atom. The van der Waals surface area contributed by atoms with Gasteiger partial charge in [0.1, 0.15) is 5.75 Å². The van der Waals surface area contributed by atoms with Gasteiger partial charge in [0.15, 0.2) is 11.5 Å². The third-order valence-electron chi connectivity index (χ3n) is 5.34. The SMILES string of the molecule is COc1ccc(N(CCc2ccccc2)CC(O)c2ccc(O)c(NS(C)(=O)=O)c2)cc1OC. The van der Waals surface area contributed by atoms with E-state index in [-0.39, 0.29) is 18.0 Å². The Bertz CT molecular complexity index is 1200. The van der Waals surface area contributed by atoms with Gasteiger partial charge in [0.05, 0.1) is 32.3 Å². The van der Waals surface area contributed by atoms with Crippen LogP contribution in [-0.4, -0.2) is 52.2 Å². The molecule has 0 aliphatic rings. The molecule has 3 N–H and O–H groups in total. The minimum Gasteiger partial charge on any atom is -0.506 e. The molecular weight excluding hydrogens is 456 g/mol. The van der Waals surface area contributed by atoms with Gasteiger partial charge >= 0.3 is 0 Å². The number of phenols is 1. The molecule has 34 heavy (non-hydrogen) atoms. The summed E-state index contributed by atoms with van der Waals surface area (Å²) in [6.45, 7) is 0.842. The van der Waals surface area contributed by atoms with Crippen LogP contribution in [0.4, 0.5) is 11.4 Å². The van der Waals surface area contributed by atoms with Crippen LogP contribution in [0.3, 0.4) is 0 Å². The van der Waals surface area contributed by atoms with E-state index in [9.17, 15) is 18.6 Å². The summed E-state index contributed by atoms with van der Waals surface area (Å²) < 4.78 is 36.3. The summed E-state index contributed by atoms with van der Waals surface area (Å²) in [5, 5.41) is 21.0. The molecule has 0 spiro atoms. The van der Waals surface area contributed by atoms with Gasteiger partial charge in [-0.25, -0.2) is 8.42 Å². The Balaban J connectivity index is 1.88. The zero-order valence-corrected chi connectivity index (χ0v) is 20.2. The molecule has 0 amide bonds. The van der Waals surface area contributed by atoms with Crippen LogP contribution in [0.15, 0.2) is 66.7 Å². The highest BCUT2D eigenvalue weighted by Gasteiger charge is 2.18. The Morgan fingerprint density at radius 2 is 1.68 bits per heavy atom. The molecule has 0 bridgehead atoms. The molecule has 1 unspecified atom stereocenters. The number of benzene rings is 3. The zero-order chi connectivity index (χ0) is 24.7. The number of aromatic hydroxyl groups is 1. The number of hydrogen-bond acceptors (Lipinski definition) is 7. The Morgan fingerprint density at radius 3 is 2.32 bits per heavy atom. The lowest BCUT2D eigenvalue weighted by atomic mass is 10.1. The second-order valence-corrected chi connectivity index (χ2v) is 9.64. The lowest BCUT2D eigenvalue weighted by molar-refractivity contribution is 0.183. The van der Waals surface area contributed by atoms with Crippen molar-refractivity contribution in [3.63, 3.8) is 0 Å². The predicted molar refractivity (Wildman–Crippen MR) is 133 cm³/mol. The Kier molecular flexibility index (Phi) is 8.25. The van der Waals surface area contributed by atoms with Crippen molar-refractivity contribution in [2.75, 3.05) is 43.2 Å². The smallest absolute Gasteiger partial charge is 0.229 e. The minimum absolute atomic E-state index is 0.0148. The van der Waals surface area contributed by atoms with Crippen LogP contribution in [0, 0.1) is 0 Å². The van der Waals surface area contributed by atoms with Crippen LogP contribution in [0.25, 0.3) is 0 Å². The quantitative estimate of drug-likeness (QED) is 0.356. The number of sulfonamides is 1. The first kappa shape index (κ1) is 25.2. The van der Waals surface area contributed by atoms with E-state index in [1.165, 1.54) is 12.1 Å². The summed E-state index contributed by atoms with van der Waals surface area (Å²) in [5.74, 6) is 0.954. The molecule has 3 rings (SSSR count). The molecule has 0 saturated heterocycles. The van der Waals surface area contributed by atoms with Crippen molar-refractivity contribution in [3.8, 4) is 17.2 Å². The maximum absolute atomic E-state index is 11.6. The molecule has 3 aromatic carbocycles. The van der Waals surface area contributed by atoms with Gasteiger partial charge in [-0.3, -0.25) is 4.72 Å². The number of ether oxygens (including phenoxy) is 2. The average molecular weight is 487 g/mol. The summed E-state index contributed by atoms with van der Waals surface area (Å²) in [6.07, 6.45) is 0.792. The highest BCUT2D eigenvalue weighted by molar-refractivity contribution is 7.92. The van der Waals surface area contributed by atoms with E-state index in [4.69, 9.17) is 9.47 Å². The number of aliphatic hydroxyl groups is 1. The van der Waals surface area contributed by atoms with Gasteiger partial charge in [-0.1, -0.05) is 36.4 Å². The van der Waals surface area contributed by atoms with Gasteiger partial charge < -0.3 is 24.6 Å². The fourth-order valence-electron chi connectivity index (χ4n) is 3.61. The Hall–Kier alpha value is -3.43. The van der Waals surface area contributed by atoms with Crippen molar-refractivity contribution >= 4 is 21.4 Å². The first-order valence-corrected chi connectivity index (χ1v) is 12.6. The van der Waals surface area contributed by atoms with Crippen LogP contribution >= 0.6 is 0 Å². The normalized spacial score (nSPS) is 12.1. The molecule has 0 heterocycles. The van der Waals surface area contributed by atoms with Crippen LogP contribution in [0.1, 0.15) is 17.2 Å². The monoisotopic (exact) mass is 486 g/mol. The molecule has 0 saturated carbocycles. The van der Waals surface area contributed by atoms with Crippen molar-refractivity contribution in [3.05, 3.63) is 77.9 Å². The standard InChI is InChI=1S/C25H30N2O6S/c1-32-24-12-10-20(16-25(24)33-2)27(14-13-18-7-5-4-6-8-18)17-23(29)19-9-11-22(28)21(15-19)26-34(3,30)31/h4-12,15-16,23,26,28-29H,13-14,17H2,1-3H3. The van der Waals surface area contributed by atoms with Gasteiger partial charge in [0.25, 0.3) is 0 Å². The van der Waals surface area contributed by atoms with E-state index >= 15 is 0 Å². The molecule has 0 radical (unpaired) electrons. The molecule has 1 atom stereocenters. The number of methoxy groups -OCH3 is 2. The average Bonchev–Trinajstić information content (AvgIpc) is 2.82. The predicted octanol–water partition coefficient (Wildman–Crippen LogP) is 3.56. The lowest BCUT2D eigenvalue weighted by Crippen LogP contribution is -2.30. The van der Waals surface area contributed by atoms with Gasteiger partial charge in [-0.2, -0.15) is 0 Å². The number of phenolic OH excluding ortho intramolecular Hbond substituents is 1. The number of nitrogens with one attached hydrogen (secondary N) is 1. The first-order valence-electron chi connectivity index (χ1n) is 10.7. The first-order chi connectivity index (χ1) is 16.2. The molecule has 182 valence electrons. The van der Waals surface area contributed by atoms with Crippen LogP contribution < -0.4 is 19.1 Å². The summed E-state index contributed by atoms with van der Waals surface area (Å²) in [4.78, 5) is 2.02. The highest BCUT2D eigenvalue weighted by Crippen LogP contribution is 2.33. The molecule has 0 aromatic heterocycles. The summed E-state index contributed by atoms with van der Waals surface area (Å²) >= 11 is 0. The third-order valence-corrected chi connectivity index (χ3v) is 5.93. The second kappa shape index (κ2) is 11.1. The molecular formula is C25H30N2O6S. The van der Waals surface area contributed by atoms with Crippen molar-refractivity contribution in [1.29, 1.82) is 0 Å². The topological polar surface area (TPSA) is 108 Å². The van der Waals surface area contributed by atoms with Gasteiger partial charge in [0, 0.05) is 24.8 Å². The van der Waals surface area contributed by atoms with E-state index < -0.39 is 16.1 Å². The zero-order valence-electron chi connectivity index (χ0n) is 19.4. The molecule has 8 nitrogen and oxygen atoms in total. The Labute approximate surface area is 200 Å². The second-order valence-electron chi connectivity index (χ2n) is 7.89. The summed E-state index contributed by atoms with van der Waals surface area (Å²) in [6, 6.07) is 19.9. The number of anilines is 2. The van der Waals surface area contributed by atoms with Crippen molar-refractivity contribution in [2.24, 2.45) is 0 Å². The molecule has 3 aromatic rings. The largest absolute Gasteiger partial charge is 0.506 e. The van der Waals surface area contributed by atoms with Crippen LogP contribution in [-0.2, 0) is 16.4 Å². The minimum atomic E-state index is -3.59. The van der Waals surface area contributed by atoms with E-state index in [0.29, 0.717) is 23.6 Å². The number of aliphatic hydroxyl groups excluding tert-OH is 1. The van der Waals surface area contributed by atoms with Gasteiger partial charge in [0.2, 0.25) is 10.0 Å². The third kappa shape index (κ3) is 6.79. The van der Waals surface area contributed by atoms with E-state index in [0.717, 1.165) is 23.9 Å². The fraction of sp³-hybridized carbons (Fsp3) is 0.280. The lowest BCUT2D eigenvalue weighted by Gasteiger charge is -2.28. The van der Waals surface area contributed by atoms with Crippen molar-refractivity contribution in [2.45, 2.75) is 12.5 Å². The fourth-order valence-corrected chi connectivity index (χ4v) is 4.18. The molecule has 0 fully saturated rings. The summed E-state index contributed by atoms with van der Waals surface area (Å²) in [7, 11) is -0.452. The number of hydrogen-bond donors (Lipinski definition) is 3. The van der Waals surface area contributed by atoms with E-state index in [1.54, 1.807) is 20.3 Å². The molecule has 0 aliphatic heterocycles. The van der Waals surface area contributed by atoms with E-state index in [1.807, 2.05) is 53.4 Å². The maximum atomic E-state index is 11.6. The van der Waals surface area contributed by atoms with Crippen molar-refractivity contribution in [1.82, 2.24) is 0 Å². The molecule has 0 aliphatic carbocycles. The number of nitrogens with zero attached hydrogens (tertiary/aromatic N) is 1. The number of rotatable bonds is 11. The van der Waals surface area contributed by atoms with Gasteiger partial charge in [-0.15, -0.1) is 0 Å². The molecule has 9 heteroatoms. The van der Waals surface area contributed by atoms with Gasteiger partial charge in [-0.05, 0) is 41.8 Å².